The Morgan fingerprint density at radius 1 is 1.00 bits per heavy atom. The summed E-state index contributed by atoms with van der Waals surface area (Å²) < 4.78 is 0. The maximum atomic E-state index is 12.2. The highest BCUT2D eigenvalue weighted by Crippen LogP contribution is 2.35. The summed E-state index contributed by atoms with van der Waals surface area (Å²) in [5.74, 6) is -0.121. The lowest BCUT2D eigenvalue weighted by Gasteiger charge is -2.26. The molecule has 2 heterocycles. The number of non-ortho nitro benzene ring substituents is 1. The van der Waals surface area contributed by atoms with E-state index in [1.165, 1.54) is 17.4 Å². The van der Waals surface area contributed by atoms with Crippen LogP contribution in [-0.4, -0.2) is 10.8 Å². The molecule has 0 bridgehead atoms. The van der Waals surface area contributed by atoms with E-state index in [4.69, 9.17) is 0 Å². The van der Waals surface area contributed by atoms with Gasteiger partial charge in [0.1, 0.15) is 6.17 Å². The molecular weight excluding hydrogens is 338 g/mol. The van der Waals surface area contributed by atoms with Crippen LogP contribution in [0.3, 0.4) is 0 Å². The Kier molecular flexibility index (Phi) is 3.70. The van der Waals surface area contributed by atoms with Crippen LogP contribution in [0.5, 0.6) is 0 Å². The number of anilines is 1. The molecule has 0 fully saturated rings. The minimum atomic E-state index is -0.405. The van der Waals surface area contributed by atoms with E-state index in [9.17, 15) is 14.9 Å². The van der Waals surface area contributed by atoms with E-state index < -0.39 is 4.92 Å². The third-order valence-electron chi connectivity index (χ3n) is 4.00. The summed E-state index contributed by atoms with van der Waals surface area (Å²) in [6, 6.07) is 17.7. The maximum Gasteiger partial charge on any atom is 0.270 e. The monoisotopic (exact) mass is 351 g/mol. The van der Waals surface area contributed by atoms with Crippen LogP contribution in [0.1, 0.15) is 21.4 Å². The Morgan fingerprint density at radius 2 is 1.84 bits per heavy atom. The Balaban J connectivity index is 1.63. The summed E-state index contributed by atoms with van der Waals surface area (Å²) in [4.78, 5) is 24.6. The van der Waals surface area contributed by atoms with Gasteiger partial charge in [-0.1, -0.05) is 24.3 Å². The van der Waals surface area contributed by atoms with E-state index in [-0.39, 0.29) is 17.8 Å². The Bertz CT molecular complexity index is 983. The van der Waals surface area contributed by atoms with Crippen LogP contribution in [0.4, 0.5) is 11.4 Å². The molecule has 0 aliphatic carbocycles. The van der Waals surface area contributed by atoms with Gasteiger partial charge in [0, 0.05) is 27.6 Å². The number of hydrogen-bond acceptors (Lipinski definition) is 5. The highest BCUT2D eigenvalue weighted by Gasteiger charge is 2.25. The third kappa shape index (κ3) is 2.85. The Hall–Kier alpha value is -3.19. The Morgan fingerprint density at radius 3 is 2.68 bits per heavy atom. The summed E-state index contributed by atoms with van der Waals surface area (Å²) in [5, 5.41) is 17.2. The molecule has 0 saturated carbocycles. The molecule has 1 aromatic heterocycles. The molecule has 0 saturated heterocycles. The van der Waals surface area contributed by atoms with Crippen LogP contribution in [0.15, 0.2) is 60.7 Å². The summed E-state index contributed by atoms with van der Waals surface area (Å²) in [7, 11) is 0. The lowest BCUT2D eigenvalue weighted by Crippen LogP contribution is -2.37. The molecule has 2 N–H and O–H groups in total. The van der Waals surface area contributed by atoms with Crippen molar-refractivity contribution in [2.45, 2.75) is 6.17 Å². The molecule has 124 valence electrons. The minimum Gasteiger partial charge on any atom is -0.360 e. The molecule has 1 atom stereocenters. The first-order chi connectivity index (χ1) is 12.1. The summed E-state index contributed by atoms with van der Waals surface area (Å²) in [6.07, 6.45) is -0.320. The second-order valence-electron chi connectivity index (χ2n) is 5.61. The second kappa shape index (κ2) is 6.03. The van der Waals surface area contributed by atoms with Gasteiger partial charge in [-0.05, 0) is 29.8 Å². The number of benzene rings is 2. The van der Waals surface area contributed by atoms with Crippen molar-refractivity contribution in [3.05, 3.63) is 81.2 Å². The van der Waals surface area contributed by atoms with Crippen LogP contribution in [0.2, 0.25) is 0 Å². The number of amides is 1. The molecule has 2 aromatic carbocycles. The van der Waals surface area contributed by atoms with E-state index in [0.29, 0.717) is 5.56 Å². The summed E-state index contributed by atoms with van der Waals surface area (Å²) >= 11 is 1.49. The molecule has 6 nitrogen and oxygen atoms in total. The topological polar surface area (TPSA) is 84.3 Å². The van der Waals surface area contributed by atoms with Crippen LogP contribution in [0.25, 0.3) is 10.4 Å². The van der Waals surface area contributed by atoms with Crippen molar-refractivity contribution >= 4 is 28.6 Å². The number of carbonyl (C=O) groups excluding carboxylic acids is 1. The molecule has 1 aliphatic heterocycles. The van der Waals surface area contributed by atoms with Crippen LogP contribution >= 0.6 is 11.3 Å². The molecule has 4 rings (SSSR count). The van der Waals surface area contributed by atoms with Gasteiger partial charge in [0.15, 0.2) is 0 Å². The van der Waals surface area contributed by atoms with Crippen molar-refractivity contribution in [3.8, 4) is 10.4 Å². The zero-order chi connectivity index (χ0) is 17.4. The summed E-state index contributed by atoms with van der Waals surface area (Å²) in [6.45, 7) is 0. The molecule has 7 heteroatoms. The number of nitro groups is 1. The largest absolute Gasteiger partial charge is 0.360 e. The fourth-order valence-electron chi connectivity index (χ4n) is 2.79. The molecule has 1 aliphatic rings. The average molecular weight is 351 g/mol. The van der Waals surface area contributed by atoms with Crippen LogP contribution in [0, 0.1) is 10.1 Å². The molecule has 0 spiro atoms. The number of fused-ring (bicyclic) bond motifs is 1. The number of nitrogens with zero attached hydrogens (tertiary/aromatic N) is 1. The van der Waals surface area contributed by atoms with Gasteiger partial charge in [-0.15, -0.1) is 11.3 Å². The Labute approximate surface area is 147 Å². The fourth-order valence-corrected chi connectivity index (χ4v) is 3.79. The smallest absolute Gasteiger partial charge is 0.270 e. The standard InChI is InChI=1S/C18H13N3O3S/c22-18-13-6-1-2-7-14(13)19-17(20-18)16-9-8-15(25-16)11-4-3-5-12(10-11)21(23)24/h1-10,17,19H,(H,20,22)/t17-/m1/s1. The maximum absolute atomic E-state index is 12.2. The van der Waals surface area contributed by atoms with E-state index in [1.807, 2.05) is 36.4 Å². The third-order valence-corrected chi connectivity index (χ3v) is 5.20. The van der Waals surface area contributed by atoms with Gasteiger partial charge in [0.05, 0.1) is 10.5 Å². The molecule has 3 aromatic rings. The molecule has 0 unspecified atom stereocenters. The highest BCUT2D eigenvalue weighted by atomic mass is 32.1. The van der Waals surface area contributed by atoms with Crippen molar-refractivity contribution < 1.29 is 9.72 Å². The number of hydrogen-bond donors (Lipinski definition) is 2. The molecule has 1 amide bonds. The molecule has 0 radical (unpaired) electrons. The highest BCUT2D eigenvalue weighted by molar-refractivity contribution is 7.15. The first kappa shape index (κ1) is 15.3. The number of nitro benzene ring substituents is 1. The molecule has 25 heavy (non-hydrogen) atoms. The van der Waals surface area contributed by atoms with E-state index in [1.54, 1.807) is 18.2 Å². The van der Waals surface area contributed by atoms with Crippen molar-refractivity contribution in [1.29, 1.82) is 0 Å². The van der Waals surface area contributed by atoms with Crippen molar-refractivity contribution in [3.63, 3.8) is 0 Å². The first-order valence-corrected chi connectivity index (χ1v) is 8.44. The van der Waals surface area contributed by atoms with Crippen molar-refractivity contribution in [2.75, 3.05) is 5.32 Å². The van der Waals surface area contributed by atoms with Gasteiger partial charge < -0.3 is 10.6 Å². The SMILES string of the molecule is O=C1N[C@H](c2ccc(-c3cccc([N+](=O)[O-])c3)s2)Nc2ccccc21. The van der Waals surface area contributed by atoms with E-state index in [2.05, 4.69) is 10.6 Å². The average Bonchev–Trinajstić information content (AvgIpc) is 3.12. The molecular formula is C18H13N3O3S. The second-order valence-corrected chi connectivity index (χ2v) is 6.72. The number of thiophene rings is 1. The van der Waals surface area contributed by atoms with Crippen LogP contribution < -0.4 is 10.6 Å². The van der Waals surface area contributed by atoms with Gasteiger partial charge in [-0.2, -0.15) is 0 Å². The predicted octanol–water partition coefficient (Wildman–Crippen LogP) is 4.18. The lowest BCUT2D eigenvalue weighted by molar-refractivity contribution is -0.384. The van der Waals surface area contributed by atoms with E-state index in [0.717, 1.165) is 21.0 Å². The predicted molar refractivity (Wildman–Crippen MR) is 96.7 cm³/mol. The minimum absolute atomic E-state index is 0.0606. The van der Waals surface area contributed by atoms with E-state index >= 15 is 0 Å². The van der Waals surface area contributed by atoms with Gasteiger partial charge >= 0.3 is 0 Å². The fraction of sp³-hybridized carbons (Fsp3) is 0.0556. The van der Waals surface area contributed by atoms with Crippen molar-refractivity contribution in [2.24, 2.45) is 0 Å². The zero-order valence-corrected chi connectivity index (χ0v) is 13.7. The quantitative estimate of drug-likeness (QED) is 0.548. The van der Waals surface area contributed by atoms with Gasteiger partial charge in [0.25, 0.3) is 11.6 Å². The lowest BCUT2D eigenvalue weighted by atomic mass is 10.1. The summed E-state index contributed by atoms with van der Waals surface area (Å²) in [5.41, 5.74) is 2.26. The first-order valence-electron chi connectivity index (χ1n) is 7.63. The number of nitrogens with one attached hydrogen (secondary N) is 2. The van der Waals surface area contributed by atoms with Crippen LogP contribution in [-0.2, 0) is 0 Å². The normalized spacial score (nSPS) is 15.8. The number of carbonyl (C=O) groups is 1. The zero-order valence-electron chi connectivity index (χ0n) is 12.9. The van der Waals surface area contributed by atoms with Gasteiger partial charge in [-0.3, -0.25) is 14.9 Å². The number of rotatable bonds is 3. The van der Waals surface area contributed by atoms with Gasteiger partial charge in [0.2, 0.25) is 0 Å². The van der Waals surface area contributed by atoms with Crippen molar-refractivity contribution in [1.82, 2.24) is 5.32 Å². The number of para-hydroxylation sites is 1. The van der Waals surface area contributed by atoms with Gasteiger partial charge in [-0.25, -0.2) is 0 Å².